The van der Waals surface area contributed by atoms with Gasteiger partial charge in [-0.15, -0.1) is 0 Å². The number of hydrogen-bond acceptors (Lipinski definition) is 4. The van der Waals surface area contributed by atoms with Gasteiger partial charge in [-0.2, -0.15) is 0 Å². The standard InChI is InChI=1S/C16H18BrNO4/c1-3-12-11(6-5-7-17)15(19)14(16(20)22-4-2)13-10-21-9-8-18(12)13/h3,5-6H,1,4,7-10H2,2H3/b6-5-. The molecule has 2 rings (SSSR count). The zero-order valence-electron chi connectivity index (χ0n) is 12.4. The predicted molar refractivity (Wildman–Crippen MR) is 89.2 cm³/mol. The third kappa shape index (κ3) is 3.08. The first-order valence-corrected chi connectivity index (χ1v) is 8.17. The summed E-state index contributed by atoms with van der Waals surface area (Å²) < 4.78 is 12.4. The molecule has 0 unspecified atom stereocenters. The molecule has 5 nitrogen and oxygen atoms in total. The molecule has 0 saturated carbocycles. The molecule has 0 amide bonds. The Balaban J connectivity index is 2.77. The molecule has 0 aromatic carbocycles. The van der Waals surface area contributed by atoms with E-state index in [-0.39, 0.29) is 24.2 Å². The summed E-state index contributed by atoms with van der Waals surface area (Å²) in [6.07, 6.45) is 5.16. The third-order valence-electron chi connectivity index (χ3n) is 3.40. The first kappa shape index (κ1) is 16.7. The molecule has 2 heterocycles. The van der Waals surface area contributed by atoms with Crippen LogP contribution in [0, 0.1) is 0 Å². The minimum atomic E-state index is -0.606. The highest BCUT2D eigenvalue weighted by Gasteiger charge is 2.26. The minimum Gasteiger partial charge on any atom is -0.462 e. The van der Waals surface area contributed by atoms with Crippen LogP contribution in [0.1, 0.15) is 34.2 Å². The Hall–Kier alpha value is -1.66. The summed E-state index contributed by atoms with van der Waals surface area (Å²) in [6, 6.07) is 0. The molecular weight excluding hydrogens is 350 g/mol. The summed E-state index contributed by atoms with van der Waals surface area (Å²) in [7, 11) is 0. The Morgan fingerprint density at radius 2 is 2.32 bits per heavy atom. The maximum Gasteiger partial charge on any atom is 0.344 e. The number of alkyl halides is 1. The number of nitrogens with zero attached hydrogens (tertiary/aromatic N) is 1. The minimum absolute atomic E-state index is 0.0568. The van der Waals surface area contributed by atoms with Crippen molar-refractivity contribution < 1.29 is 14.3 Å². The Bertz CT molecular complexity index is 676. The number of rotatable bonds is 5. The molecule has 0 radical (unpaired) electrons. The predicted octanol–water partition coefficient (Wildman–Crippen LogP) is 2.61. The molecule has 0 spiro atoms. The van der Waals surface area contributed by atoms with E-state index in [2.05, 4.69) is 22.5 Å². The molecule has 22 heavy (non-hydrogen) atoms. The highest BCUT2D eigenvalue weighted by Crippen LogP contribution is 2.20. The number of pyridine rings is 1. The van der Waals surface area contributed by atoms with Crippen LogP contribution in [0.2, 0.25) is 0 Å². The molecule has 118 valence electrons. The summed E-state index contributed by atoms with van der Waals surface area (Å²) in [5.74, 6) is -0.606. The van der Waals surface area contributed by atoms with Crippen LogP contribution in [0.25, 0.3) is 12.2 Å². The number of aromatic nitrogens is 1. The summed E-state index contributed by atoms with van der Waals surface area (Å²) >= 11 is 3.29. The number of fused-ring (bicyclic) bond motifs is 1. The summed E-state index contributed by atoms with van der Waals surface area (Å²) in [5.41, 5.74) is 1.42. The Morgan fingerprint density at radius 1 is 1.55 bits per heavy atom. The van der Waals surface area contributed by atoms with Crippen molar-refractivity contribution in [3.8, 4) is 0 Å². The monoisotopic (exact) mass is 367 g/mol. The molecule has 6 heteroatoms. The quantitative estimate of drug-likeness (QED) is 0.592. The second-order valence-electron chi connectivity index (χ2n) is 4.64. The molecular formula is C16H18BrNO4. The van der Waals surface area contributed by atoms with Gasteiger partial charge in [-0.05, 0) is 13.0 Å². The normalized spacial score (nSPS) is 13.9. The van der Waals surface area contributed by atoms with Crippen LogP contribution in [0.5, 0.6) is 0 Å². The van der Waals surface area contributed by atoms with E-state index in [0.717, 1.165) is 0 Å². The summed E-state index contributed by atoms with van der Waals surface area (Å²) in [5, 5.41) is 0.614. The van der Waals surface area contributed by atoms with Crippen molar-refractivity contribution in [3.05, 3.63) is 45.4 Å². The molecule has 0 aliphatic carbocycles. The first-order valence-electron chi connectivity index (χ1n) is 7.05. The topological polar surface area (TPSA) is 57.5 Å². The van der Waals surface area contributed by atoms with E-state index < -0.39 is 5.97 Å². The maximum atomic E-state index is 12.8. The van der Waals surface area contributed by atoms with E-state index >= 15 is 0 Å². The lowest BCUT2D eigenvalue weighted by molar-refractivity contribution is 0.0497. The third-order valence-corrected chi connectivity index (χ3v) is 3.77. The highest BCUT2D eigenvalue weighted by atomic mass is 79.9. The second-order valence-corrected chi connectivity index (χ2v) is 5.28. The van der Waals surface area contributed by atoms with Gasteiger partial charge in [0.15, 0.2) is 0 Å². The van der Waals surface area contributed by atoms with Gasteiger partial charge in [0.05, 0.1) is 31.2 Å². The fraction of sp³-hybridized carbons (Fsp3) is 0.375. The number of carbonyl (C=O) groups excluding carboxylic acids is 1. The van der Waals surface area contributed by atoms with Crippen LogP contribution in [-0.4, -0.2) is 29.1 Å². The van der Waals surface area contributed by atoms with E-state index in [1.54, 1.807) is 19.1 Å². The van der Waals surface area contributed by atoms with Crippen LogP contribution in [0.3, 0.4) is 0 Å². The fourth-order valence-electron chi connectivity index (χ4n) is 2.50. The van der Waals surface area contributed by atoms with Crippen LogP contribution in [0.4, 0.5) is 0 Å². The lowest BCUT2D eigenvalue weighted by atomic mass is 10.0. The molecule has 1 aromatic heterocycles. The van der Waals surface area contributed by atoms with E-state index in [4.69, 9.17) is 9.47 Å². The van der Waals surface area contributed by atoms with Gasteiger partial charge in [0.25, 0.3) is 0 Å². The number of carbonyl (C=O) groups is 1. The van der Waals surface area contributed by atoms with Gasteiger partial charge in [-0.25, -0.2) is 4.79 Å². The van der Waals surface area contributed by atoms with Crippen LogP contribution >= 0.6 is 15.9 Å². The molecule has 0 atom stereocenters. The molecule has 1 aliphatic rings. The zero-order chi connectivity index (χ0) is 16.1. The lowest BCUT2D eigenvalue weighted by Gasteiger charge is -2.25. The largest absolute Gasteiger partial charge is 0.462 e. The molecule has 1 aliphatic heterocycles. The summed E-state index contributed by atoms with van der Waals surface area (Å²) in [4.78, 5) is 25.0. The average molecular weight is 368 g/mol. The highest BCUT2D eigenvalue weighted by molar-refractivity contribution is 9.09. The smallest absolute Gasteiger partial charge is 0.344 e. The van der Waals surface area contributed by atoms with Gasteiger partial charge in [-0.3, -0.25) is 4.79 Å². The van der Waals surface area contributed by atoms with E-state index in [1.165, 1.54) is 0 Å². The van der Waals surface area contributed by atoms with Crippen molar-refractivity contribution in [2.75, 3.05) is 18.5 Å². The molecule has 0 N–H and O–H groups in total. The summed E-state index contributed by atoms with van der Waals surface area (Å²) in [6.45, 7) is 7.04. The van der Waals surface area contributed by atoms with Crippen LogP contribution in [0.15, 0.2) is 17.4 Å². The zero-order valence-corrected chi connectivity index (χ0v) is 14.0. The van der Waals surface area contributed by atoms with Gasteiger partial charge in [-0.1, -0.05) is 34.7 Å². The van der Waals surface area contributed by atoms with Crippen molar-refractivity contribution in [1.29, 1.82) is 0 Å². The Morgan fingerprint density at radius 3 is 2.95 bits per heavy atom. The number of hydrogen-bond donors (Lipinski definition) is 0. The van der Waals surface area contributed by atoms with Crippen molar-refractivity contribution >= 4 is 34.1 Å². The van der Waals surface area contributed by atoms with E-state index in [9.17, 15) is 9.59 Å². The molecule has 0 saturated heterocycles. The van der Waals surface area contributed by atoms with Crippen molar-refractivity contribution in [3.63, 3.8) is 0 Å². The SMILES string of the molecule is C=Cc1c(/C=C\CBr)c(=O)c(C(=O)OCC)c2n1CCOC2. The van der Waals surface area contributed by atoms with Crippen molar-refractivity contribution in [1.82, 2.24) is 4.57 Å². The van der Waals surface area contributed by atoms with Gasteiger partial charge in [0.1, 0.15) is 5.56 Å². The molecule has 0 fully saturated rings. The van der Waals surface area contributed by atoms with Crippen LogP contribution < -0.4 is 5.43 Å². The van der Waals surface area contributed by atoms with Gasteiger partial charge in [0.2, 0.25) is 5.43 Å². The van der Waals surface area contributed by atoms with Gasteiger partial charge in [0, 0.05) is 17.4 Å². The van der Waals surface area contributed by atoms with E-state index in [0.29, 0.717) is 35.4 Å². The van der Waals surface area contributed by atoms with Gasteiger partial charge < -0.3 is 14.0 Å². The van der Waals surface area contributed by atoms with Crippen molar-refractivity contribution in [2.24, 2.45) is 0 Å². The average Bonchev–Trinajstić information content (AvgIpc) is 2.52. The number of ether oxygens (including phenoxy) is 2. The maximum absolute atomic E-state index is 12.8. The fourth-order valence-corrected chi connectivity index (χ4v) is 2.68. The first-order chi connectivity index (χ1) is 10.7. The Labute approximate surface area is 137 Å². The molecule has 1 aromatic rings. The van der Waals surface area contributed by atoms with Gasteiger partial charge >= 0.3 is 5.97 Å². The van der Waals surface area contributed by atoms with Crippen molar-refractivity contribution in [2.45, 2.75) is 20.1 Å². The second kappa shape index (κ2) is 7.56. The van der Waals surface area contributed by atoms with E-state index in [1.807, 2.05) is 10.6 Å². The number of allylic oxidation sites excluding steroid dienone is 1. The Kier molecular flexibility index (Phi) is 5.74. The number of halogens is 1. The number of esters is 1. The molecule has 0 bridgehead atoms. The lowest BCUT2D eigenvalue weighted by Crippen LogP contribution is -2.32. The van der Waals surface area contributed by atoms with Crippen LogP contribution in [-0.2, 0) is 22.6 Å².